The molecule has 6 rings (SSSR count). The second-order valence-electron chi connectivity index (χ2n) is 9.34. The summed E-state index contributed by atoms with van der Waals surface area (Å²) in [7, 11) is 0. The SMILES string of the molecule is O=CO.O=CO.[CH-]1CCCC2=C1CC1=C2CCCC1.[CH-]1CCCC2=C1CC1=C2CCCC1.[Cl-].[Cl-].[Ti].[Ti]. The molecule has 36 heavy (non-hydrogen) atoms. The van der Waals surface area contributed by atoms with Crippen molar-refractivity contribution >= 4 is 12.9 Å². The fraction of sp³-hybridized carbons (Fsp3) is 0.571. The molecule has 0 aliphatic heterocycles. The van der Waals surface area contributed by atoms with Gasteiger partial charge in [0.25, 0.3) is 12.9 Å². The summed E-state index contributed by atoms with van der Waals surface area (Å²) in [5.74, 6) is 0. The van der Waals surface area contributed by atoms with Crippen LogP contribution in [0.15, 0.2) is 44.6 Å². The van der Waals surface area contributed by atoms with E-state index in [-0.39, 0.29) is 81.2 Å². The van der Waals surface area contributed by atoms with Gasteiger partial charge in [0.2, 0.25) is 0 Å². The molecule has 0 unspecified atom stereocenters. The second-order valence-corrected chi connectivity index (χ2v) is 9.34. The molecule has 8 heteroatoms. The molecule has 4 nitrogen and oxygen atoms in total. The van der Waals surface area contributed by atoms with E-state index >= 15 is 0 Å². The Labute approximate surface area is 259 Å². The van der Waals surface area contributed by atoms with Gasteiger partial charge in [-0.25, -0.2) is 24.0 Å². The Bertz CT molecular complexity index is 703. The molecule has 0 spiro atoms. The van der Waals surface area contributed by atoms with Gasteiger partial charge in [0.1, 0.15) is 0 Å². The predicted octanol–water partition coefficient (Wildman–Crippen LogP) is 1.30. The van der Waals surface area contributed by atoms with E-state index in [1.807, 2.05) is 0 Å². The quantitative estimate of drug-likeness (QED) is 0.248. The summed E-state index contributed by atoms with van der Waals surface area (Å²) in [6.45, 7) is -0.500. The van der Waals surface area contributed by atoms with Crippen molar-refractivity contribution in [2.75, 3.05) is 0 Å². The van der Waals surface area contributed by atoms with E-state index in [0.717, 1.165) is 0 Å². The summed E-state index contributed by atoms with van der Waals surface area (Å²) in [4.78, 5) is 16.7. The number of halogens is 2. The molecule has 200 valence electrons. The number of rotatable bonds is 0. The third kappa shape index (κ3) is 10.1. The van der Waals surface area contributed by atoms with Gasteiger partial charge in [-0.1, -0.05) is 49.7 Å². The molecule has 0 aromatic heterocycles. The Balaban J connectivity index is 0. The van der Waals surface area contributed by atoms with E-state index < -0.39 is 0 Å². The third-order valence-corrected chi connectivity index (χ3v) is 7.52. The molecule has 0 heterocycles. The molecule has 0 saturated carbocycles. The predicted molar refractivity (Wildman–Crippen MR) is 128 cm³/mol. The van der Waals surface area contributed by atoms with Crippen molar-refractivity contribution < 1.29 is 88.1 Å². The van der Waals surface area contributed by atoms with E-state index in [9.17, 15) is 0 Å². The summed E-state index contributed by atoms with van der Waals surface area (Å²) in [6.07, 6.45) is 27.2. The Morgan fingerprint density at radius 3 is 1.19 bits per heavy atom. The molecule has 0 amide bonds. The molecule has 0 bridgehead atoms. The molecule has 0 fully saturated rings. The Morgan fingerprint density at radius 1 is 0.528 bits per heavy atom. The Kier molecular flexibility index (Phi) is 21.6. The van der Waals surface area contributed by atoms with Gasteiger partial charge in [-0.05, 0) is 51.4 Å². The van der Waals surface area contributed by atoms with Crippen LogP contribution in [0.3, 0.4) is 0 Å². The molecule has 2 N–H and O–H groups in total. The number of carboxylic acid groups (broad SMARTS) is 2. The maximum Gasteiger partial charge on any atom is 0.290 e. The summed E-state index contributed by atoms with van der Waals surface area (Å²) in [5, 5.41) is 13.8. The van der Waals surface area contributed by atoms with Gasteiger partial charge >= 0.3 is 0 Å². The Hall–Kier alpha value is -0.351. The maximum atomic E-state index is 8.36. The van der Waals surface area contributed by atoms with E-state index in [0.29, 0.717) is 0 Å². The van der Waals surface area contributed by atoms with Gasteiger partial charge in [0.05, 0.1) is 0 Å². The summed E-state index contributed by atoms with van der Waals surface area (Å²) in [5.41, 5.74) is 14.1. The first-order valence-electron chi connectivity index (χ1n) is 12.4. The molecule has 0 radical (unpaired) electrons. The van der Waals surface area contributed by atoms with Crippen LogP contribution >= 0.6 is 0 Å². The fourth-order valence-corrected chi connectivity index (χ4v) is 6.24. The summed E-state index contributed by atoms with van der Waals surface area (Å²) >= 11 is 0. The molecule has 0 aromatic rings. The molecular formula is C28H38Cl2O4Ti2-4. The van der Waals surface area contributed by atoms with Crippen molar-refractivity contribution in [3.8, 4) is 0 Å². The van der Waals surface area contributed by atoms with Crippen LogP contribution in [0.5, 0.6) is 0 Å². The fourth-order valence-electron chi connectivity index (χ4n) is 6.24. The van der Waals surface area contributed by atoms with Gasteiger partial charge in [-0.2, -0.15) is 11.1 Å². The normalized spacial score (nSPS) is 20.2. The van der Waals surface area contributed by atoms with Gasteiger partial charge in [0.15, 0.2) is 0 Å². The van der Waals surface area contributed by atoms with Crippen LogP contribution in [0.1, 0.15) is 103 Å². The van der Waals surface area contributed by atoms with Crippen molar-refractivity contribution in [1.82, 2.24) is 0 Å². The molecule has 0 aromatic carbocycles. The van der Waals surface area contributed by atoms with E-state index in [2.05, 4.69) is 12.8 Å². The van der Waals surface area contributed by atoms with Crippen molar-refractivity contribution in [2.24, 2.45) is 0 Å². The zero-order valence-electron chi connectivity index (χ0n) is 21.1. The molecule has 0 saturated heterocycles. The van der Waals surface area contributed by atoms with Crippen LogP contribution in [0.25, 0.3) is 0 Å². The minimum absolute atomic E-state index is 0. The number of hydrogen-bond acceptors (Lipinski definition) is 2. The van der Waals surface area contributed by atoms with Gasteiger partial charge < -0.3 is 35.0 Å². The van der Waals surface area contributed by atoms with Crippen LogP contribution in [-0.2, 0) is 53.0 Å². The molecular weight excluding hydrogens is 567 g/mol. The van der Waals surface area contributed by atoms with E-state index in [1.165, 1.54) is 103 Å². The number of allylic oxidation sites excluding steroid dienone is 8. The summed E-state index contributed by atoms with van der Waals surface area (Å²) in [6, 6.07) is 0. The van der Waals surface area contributed by atoms with Crippen molar-refractivity contribution in [2.45, 2.75) is 103 Å². The topological polar surface area (TPSA) is 74.6 Å². The maximum absolute atomic E-state index is 8.36. The largest absolute Gasteiger partial charge is 1.00 e. The smallest absolute Gasteiger partial charge is 0.290 e. The van der Waals surface area contributed by atoms with Crippen molar-refractivity contribution in [3.05, 3.63) is 57.4 Å². The first kappa shape index (κ1) is 37.8. The van der Waals surface area contributed by atoms with Gasteiger partial charge in [0, 0.05) is 43.4 Å². The van der Waals surface area contributed by atoms with Crippen molar-refractivity contribution in [1.29, 1.82) is 0 Å². The van der Waals surface area contributed by atoms with E-state index in [1.54, 1.807) is 44.6 Å². The average molecular weight is 605 g/mol. The second kappa shape index (κ2) is 20.6. The van der Waals surface area contributed by atoms with Crippen LogP contribution in [0.4, 0.5) is 0 Å². The summed E-state index contributed by atoms with van der Waals surface area (Å²) < 4.78 is 0. The molecule has 6 aliphatic rings. The molecule has 0 atom stereocenters. The average Bonchev–Trinajstić information content (AvgIpc) is 3.39. The first-order chi connectivity index (χ1) is 15.7. The molecule has 6 aliphatic carbocycles. The van der Waals surface area contributed by atoms with Crippen LogP contribution < -0.4 is 24.8 Å². The minimum Gasteiger partial charge on any atom is -1.00 e. The van der Waals surface area contributed by atoms with Crippen LogP contribution in [0, 0.1) is 12.8 Å². The number of carbonyl (C=O) groups is 2. The zero-order valence-corrected chi connectivity index (χ0v) is 25.7. The monoisotopic (exact) mass is 604 g/mol. The van der Waals surface area contributed by atoms with Crippen molar-refractivity contribution in [3.63, 3.8) is 0 Å². The third-order valence-electron chi connectivity index (χ3n) is 7.52. The van der Waals surface area contributed by atoms with E-state index in [4.69, 9.17) is 19.8 Å². The van der Waals surface area contributed by atoms with Crippen LogP contribution in [0.2, 0.25) is 0 Å². The zero-order chi connectivity index (χ0) is 22.8. The van der Waals surface area contributed by atoms with Gasteiger partial charge in [-0.3, -0.25) is 9.59 Å². The number of hydrogen-bond donors (Lipinski definition) is 2. The number of fused-ring (bicyclic) bond motifs is 2. The standard InChI is InChI=1S/2C13H17.2CH2O2.2ClH.2Ti/c2*1-3-7-12-10(5-1)9-11-6-2-4-8-13(11)12;2*2-1-3;;;;/h2*5H,1-4,6-9H2;2*1H,(H,2,3);2*1H;;/q2*-1;;;;;;/p-2. The first-order valence-corrected chi connectivity index (χ1v) is 12.4. The minimum atomic E-state index is -0.250. The van der Waals surface area contributed by atoms with Crippen LogP contribution in [-0.4, -0.2) is 23.2 Å². The Morgan fingerprint density at radius 2 is 0.833 bits per heavy atom. The van der Waals surface area contributed by atoms with Gasteiger partial charge in [-0.15, -0.1) is 24.0 Å².